The number of rotatable bonds is 5. The third-order valence-electron chi connectivity index (χ3n) is 4.98. The van der Waals surface area contributed by atoms with Gasteiger partial charge in [0.15, 0.2) is 5.82 Å². The standard InChI is InChI=1S/C18H19FN6O3S2/c1-12-21-22-23-25(12)16-11-14(4-5-15(16)19)20-18(26)13-6-8-24(9-7-13)30(27,28)17-3-2-10-29-17/h2-5,10-11,13H,6-9H2,1H3,(H,20,26). The van der Waals surface area contributed by atoms with Crippen LogP contribution in [-0.4, -0.2) is 51.9 Å². The molecule has 3 heterocycles. The zero-order valence-corrected chi connectivity index (χ0v) is 17.7. The number of piperidine rings is 1. The highest BCUT2D eigenvalue weighted by molar-refractivity contribution is 7.91. The van der Waals surface area contributed by atoms with Gasteiger partial charge in [0.25, 0.3) is 10.0 Å². The molecular formula is C18H19FN6O3S2. The van der Waals surface area contributed by atoms with Crippen molar-refractivity contribution in [3.63, 3.8) is 0 Å². The largest absolute Gasteiger partial charge is 0.326 e. The Balaban J connectivity index is 1.42. The van der Waals surface area contributed by atoms with Crippen molar-refractivity contribution in [2.75, 3.05) is 18.4 Å². The highest BCUT2D eigenvalue weighted by Crippen LogP contribution is 2.27. The van der Waals surface area contributed by atoms with Gasteiger partial charge in [0.05, 0.1) is 0 Å². The predicted molar refractivity (Wildman–Crippen MR) is 108 cm³/mol. The Morgan fingerprint density at radius 2 is 2.03 bits per heavy atom. The average molecular weight is 451 g/mol. The molecule has 1 aliphatic heterocycles. The van der Waals surface area contributed by atoms with Gasteiger partial charge in [0.1, 0.15) is 15.7 Å². The molecule has 1 fully saturated rings. The van der Waals surface area contributed by atoms with E-state index in [0.717, 1.165) is 0 Å². The number of nitrogens with one attached hydrogen (secondary N) is 1. The number of sulfonamides is 1. The van der Waals surface area contributed by atoms with E-state index in [1.807, 2.05) is 0 Å². The van der Waals surface area contributed by atoms with E-state index in [4.69, 9.17) is 0 Å². The fraction of sp³-hybridized carbons (Fsp3) is 0.333. The van der Waals surface area contributed by atoms with E-state index in [9.17, 15) is 17.6 Å². The lowest BCUT2D eigenvalue weighted by Gasteiger charge is -2.30. The van der Waals surface area contributed by atoms with E-state index in [-0.39, 0.29) is 30.6 Å². The molecule has 9 nitrogen and oxygen atoms in total. The fourth-order valence-electron chi connectivity index (χ4n) is 3.35. The molecule has 0 unspecified atom stereocenters. The summed E-state index contributed by atoms with van der Waals surface area (Å²) in [5.41, 5.74) is 0.548. The van der Waals surface area contributed by atoms with Crippen molar-refractivity contribution in [2.24, 2.45) is 5.92 Å². The maximum absolute atomic E-state index is 14.2. The number of thiophene rings is 1. The Morgan fingerprint density at radius 3 is 2.67 bits per heavy atom. The zero-order chi connectivity index (χ0) is 21.3. The Labute approximate surface area is 176 Å². The summed E-state index contributed by atoms with van der Waals surface area (Å²) in [6.45, 7) is 2.19. The van der Waals surface area contributed by atoms with E-state index in [2.05, 4.69) is 20.8 Å². The number of halogens is 1. The van der Waals surface area contributed by atoms with Gasteiger partial charge in [-0.3, -0.25) is 4.79 Å². The van der Waals surface area contributed by atoms with Crippen LogP contribution in [0.5, 0.6) is 0 Å². The van der Waals surface area contributed by atoms with E-state index in [1.54, 1.807) is 24.4 Å². The van der Waals surface area contributed by atoms with Crippen LogP contribution < -0.4 is 5.32 Å². The van der Waals surface area contributed by atoms with Crippen molar-refractivity contribution in [3.8, 4) is 5.69 Å². The molecule has 0 saturated carbocycles. The first-order chi connectivity index (χ1) is 14.4. The molecule has 0 spiro atoms. The predicted octanol–water partition coefficient (Wildman–Crippen LogP) is 2.21. The van der Waals surface area contributed by atoms with E-state index >= 15 is 0 Å². The maximum atomic E-state index is 14.2. The first-order valence-electron chi connectivity index (χ1n) is 9.25. The van der Waals surface area contributed by atoms with Crippen molar-refractivity contribution in [1.29, 1.82) is 0 Å². The molecule has 30 heavy (non-hydrogen) atoms. The van der Waals surface area contributed by atoms with E-state index < -0.39 is 15.8 Å². The molecule has 1 saturated heterocycles. The van der Waals surface area contributed by atoms with Crippen LogP contribution in [-0.2, 0) is 14.8 Å². The second-order valence-corrected chi connectivity index (χ2v) is 10.0. The normalized spacial score (nSPS) is 15.9. The SMILES string of the molecule is Cc1nnnn1-c1cc(NC(=O)C2CCN(S(=O)(=O)c3cccs3)CC2)ccc1F. The third-order valence-corrected chi connectivity index (χ3v) is 8.25. The van der Waals surface area contributed by atoms with Gasteiger partial charge >= 0.3 is 0 Å². The molecule has 1 N–H and O–H groups in total. The van der Waals surface area contributed by atoms with Crippen molar-refractivity contribution in [2.45, 2.75) is 24.0 Å². The summed E-state index contributed by atoms with van der Waals surface area (Å²) in [6, 6.07) is 7.45. The van der Waals surface area contributed by atoms with Crippen LogP contribution in [0.25, 0.3) is 5.69 Å². The van der Waals surface area contributed by atoms with E-state index in [1.165, 1.54) is 38.5 Å². The van der Waals surface area contributed by atoms with Crippen LogP contribution in [0.3, 0.4) is 0 Å². The number of nitrogens with zero attached hydrogens (tertiary/aromatic N) is 5. The van der Waals surface area contributed by atoms with E-state index in [0.29, 0.717) is 28.6 Å². The van der Waals surface area contributed by atoms with Crippen molar-refractivity contribution >= 4 is 33.0 Å². The number of hydrogen-bond donors (Lipinski definition) is 1. The second-order valence-electron chi connectivity index (χ2n) is 6.90. The molecule has 0 aliphatic carbocycles. The molecule has 2 aromatic heterocycles. The number of benzene rings is 1. The maximum Gasteiger partial charge on any atom is 0.252 e. The van der Waals surface area contributed by atoms with Crippen molar-refractivity contribution in [3.05, 3.63) is 47.4 Å². The Bertz CT molecular complexity index is 1150. The minimum Gasteiger partial charge on any atom is -0.326 e. The number of anilines is 1. The summed E-state index contributed by atoms with van der Waals surface area (Å²) in [7, 11) is -3.51. The summed E-state index contributed by atoms with van der Waals surface area (Å²) < 4.78 is 42.4. The highest BCUT2D eigenvalue weighted by Gasteiger charge is 2.32. The first kappa shape index (κ1) is 20.6. The molecule has 0 radical (unpaired) electrons. The van der Waals surface area contributed by atoms with Crippen LogP contribution in [0.4, 0.5) is 10.1 Å². The number of aromatic nitrogens is 4. The minimum atomic E-state index is -3.51. The van der Waals surface area contributed by atoms with Crippen molar-refractivity contribution < 1.29 is 17.6 Å². The van der Waals surface area contributed by atoms with Gasteiger partial charge in [0.2, 0.25) is 5.91 Å². The molecule has 1 amide bonds. The number of carbonyl (C=O) groups is 1. The lowest BCUT2D eigenvalue weighted by molar-refractivity contribution is -0.120. The quantitative estimate of drug-likeness (QED) is 0.638. The lowest BCUT2D eigenvalue weighted by Crippen LogP contribution is -2.41. The first-order valence-corrected chi connectivity index (χ1v) is 11.6. The molecule has 0 bridgehead atoms. The van der Waals surface area contributed by atoms with Crippen molar-refractivity contribution in [1.82, 2.24) is 24.5 Å². The summed E-state index contributed by atoms with van der Waals surface area (Å²) >= 11 is 1.18. The van der Waals surface area contributed by atoms with Gasteiger partial charge < -0.3 is 5.32 Å². The smallest absolute Gasteiger partial charge is 0.252 e. The third kappa shape index (κ3) is 3.98. The summed E-state index contributed by atoms with van der Waals surface area (Å²) in [4.78, 5) is 12.7. The number of hydrogen-bond acceptors (Lipinski definition) is 7. The lowest BCUT2D eigenvalue weighted by atomic mass is 9.97. The summed E-state index contributed by atoms with van der Waals surface area (Å²) in [5.74, 6) is -0.663. The average Bonchev–Trinajstić information content (AvgIpc) is 3.42. The molecule has 0 atom stereocenters. The Kier molecular flexibility index (Phi) is 5.62. The Hall–Kier alpha value is -2.70. The minimum absolute atomic E-state index is 0.132. The van der Waals surface area contributed by atoms with Gasteiger partial charge in [-0.1, -0.05) is 6.07 Å². The van der Waals surface area contributed by atoms with Crippen LogP contribution in [0.1, 0.15) is 18.7 Å². The van der Waals surface area contributed by atoms with Gasteiger partial charge in [-0.15, -0.1) is 16.4 Å². The second kappa shape index (κ2) is 8.20. The van der Waals surface area contributed by atoms with Crippen LogP contribution in [0, 0.1) is 18.7 Å². The van der Waals surface area contributed by atoms with Crippen LogP contribution >= 0.6 is 11.3 Å². The number of carbonyl (C=O) groups excluding carboxylic acids is 1. The number of tetrazole rings is 1. The molecular weight excluding hydrogens is 431 g/mol. The fourth-order valence-corrected chi connectivity index (χ4v) is 5.96. The van der Waals surface area contributed by atoms with Gasteiger partial charge in [-0.05, 0) is 59.8 Å². The molecule has 12 heteroatoms. The zero-order valence-electron chi connectivity index (χ0n) is 16.0. The number of amides is 1. The summed E-state index contributed by atoms with van der Waals surface area (Å²) in [6.07, 6.45) is 0.827. The molecule has 3 aromatic rings. The molecule has 1 aliphatic rings. The highest BCUT2D eigenvalue weighted by atomic mass is 32.2. The van der Waals surface area contributed by atoms with Gasteiger partial charge in [0, 0.05) is 24.7 Å². The van der Waals surface area contributed by atoms with Gasteiger partial charge in [-0.2, -0.15) is 8.99 Å². The summed E-state index contributed by atoms with van der Waals surface area (Å²) in [5, 5.41) is 15.5. The van der Waals surface area contributed by atoms with Crippen LogP contribution in [0.2, 0.25) is 0 Å². The van der Waals surface area contributed by atoms with Crippen LogP contribution in [0.15, 0.2) is 39.9 Å². The number of aryl methyl sites for hydroxylation is 1. The Morgan fingerprint density at radius 1 is 1.27 bits per heavy atom. The molecule has 1 aromatic carbocycles. The molecule has 158 valence electrons. The molecule has 4 rings (SSSR count). The topological polar surface area (TPSA) is 110 Å². The monoisotopic (exact) mass is 450 g/mol. The van der Waals surface area contributed by atoms with Gasteiger partial charge in [-0.25, -0.2) is 12.8 Å².